The molecule has 1 unspecified atom stereocenters. The normalized spacial score (nSPS) is 16.0. The van der Waals surface area contributed by atoms with E-state index >= 15 is 0 Å². The third kappa shape index (κ3) is 4.46. The van der Waals surface area contributed by atoms with Crippen LogP contribution in [0.15, 0.2) is 79.0 Å². The highest BCUT2D eigenvalue weighted by atomic mass is 79.9. The Labute approximate surface area is 200 Å². The van der Waals surface area contributed by atoms with Gasteiger partial charge in [0.25, 0.3) is 5.56 Å². The Kier molecular flexibility index (Phi) is 6.68. The Morgan fingerprint density at radius 1 is 1.31 bits per heavy atom. The van der Waals surface area contributed by atoms with E-state index in [1.165, 1.54) is 23.1 Å². The van der Waals surface area contributed by atoms with E-state index in [1.807, 2.05) is 30.3 Å². The zero-order valence-corrected chi connectivity index (χ0v) is 20.5. The molecule has 0 aliphatic carbocycles. The van der Waals surface area contributed by atoms with Crippen molar-refractivity contribution in [3.05, 3.63) is 89.5 Å². The molecule has 0 bridgehead atoms. The van der Waals surface area contributed by atoms with E-state index in [1.54, 1.807) is 42.7 Å². The predicted octanol–water partition coefficient (Wildman–Crippen LogP) is 3.97. The molecule has 3 aromatic rings. The Morgan fingerprint density at radius 3 is 2.75 bits per heavy atom. The molecule has 1 aromatic heterocycles. The van der Waals surface area contributed by atoms with Crippen molar-refractivity contribution in [1.82, 2.24) is 4.57 Å². The Hall–Kier alpha value is -2.62. The molecular formula is C23H19BrN2O4S2. The average molecular weight is 531 g/mol. The van der Waals surface area contributed by atoms with E-state index in [2.05, 4.69) is 20.9 Å². The van der Waals surface area contributed by atoms with Crippen LogP contribution in [0.2, 0.25) is 0 Å². The number of ether oxygens (including phenoxy) is 1. The van der Waals surface area contributed by atoms with Crippen LogP contribution in [0, 0.1) is 0 Å². The number of halogens is 1. The quantitative estimate of drug-likeness (QED) is 0.504. The molecule has 0 amide bonds. The van der Waals surface area contributed by atoms with Crippen LogP contribution in [-0.4, -0.2) is 22.2 Å². The summed E-state index contributed by atoms with van der Waals surface area (Å²) in [5, 5.41) is 9.14. The van der Waals surface area contributed by atoms with Crippen molar-refractivity contribution in [2.75, 3.05) is 6.61 Å². The molecule has 0 fully saturated rings. The van der Waals surface area contributed by atoms with Crippen molar-refractivity contribution in [2.24, 2.45) is 4.99 Å². The lowest BCUT2D eigenvalue weighted by atomic mass is 10.2. The number of nitrogens with zero attached hydrogens (tertiary/aromatic N) is 2. The summed E-state index contributed by atoms with van der Waals surface area (Å²) in [6.45, 7) is 3.75. The average Bonchev–Trinajstić information content (AvgIpc) is 3.06. The molecule has 32 heavy (non-hydrogen) atoms. The van der Waals surface area contributed by atoms with Crippen LogP contribution < -0.4 is 14.9 Å². The maximum atomic E-state index is 13.4. The number of hydrogen-bond acceptors (Lipinski definition) is 7. The van der Waals surface area contributed by atoms with Gasteiger partial charge in [-0.3, -0.25) is 9.36 Å². The van der Waals surface area contributed by atoms with E-state index in [-0.39, 0.29) is 17.9 Å². The lowest BCUT2D eigenvalue weighted by Gasteiger charge is -2.23. The smallest absolute Gasteiger partial charge is 0.338 e. The van der Waals surface area contributed by atoms with Crippen LogP contribution in [0.3, 0.4) is 0 Å². The van der Waals surface area contributed by atoms with Gasteiger partial charge < -0.3 is 9.84 Å². The monoisotopic (exact) mass is 530 g/mol. The molecule has 1 aliphatic rings. The molecule has 0 radical (unpaired) electrons. The number of phenolic OH excluding ortho intramolecular Hbond substituents is 1. The van der Waals surface area contributed by atoms with Gasteiger partial charge in [0, 0.05) is 4.90 Å². The molecule has 2 heterocycles. The number of carbonyl (C=O) groups excluding carboxylic acids is 1. The molecule has 2 aromatic carbocycles. The number of aromatic hydroxyl groups is 1. The highest BCUT2D eigenvalue weighted by Gasteiger charge is 2.32. The first kappa shape index (κ1) is 22.6. The summed E-state index contributed by atoms with van der Waals surface area (Å²) in [6.07, 6.45) is 1.75. The number of thioether (sulfide) groups is 1. The number of hydrogen-bond donors (Lipinski definition) is 1. The van der Waals surface area contributed by atoms with Gasteiger partial charge in [-0.25, -0.2) is 9.79 Å². The number of benzene rings is 2. The predicted molar refractivity (Wildman–Crippen MR) is 129 cm³/mol. The lowest BCUT2D eigenvalue weighted by Crippen LogP contribution is -2.38. The number of phenols is 1. The molecule has 1 N–H and O–H groups in total. The number of carbonyl (C=O) groups is 1. The van der Waals surface area contributed by atoms with Crippen LogP contribution >= 0.6 is 39.0 Å². The summed E-state index contributed by atoms with van der Waals surface area (Å²) in [5.41, 5.74) is 1.43. The van der Waals surface area contributed by atoms with Gasteiger partial charge in [0.05, 0.1) is 26.9 Å². The third-order valence-corrected chi connectivity index (χ3v) is 7.56. The number of rotatable bonds is 5. The van der Waals surface area contributed by atoms with Crippen LogP contribution in [0.25, 0.3) is 6.08 Å². The first-order valence-electron chi connectivity index (χ1n) is 9.79. The summed E-state index contributed by atoms with van der Waals surface area (Å²) >= 11 is 5.97. The molecule has 164 valence electrons. The maximum Gasteiger partial charge on any atom is 0.338 e. The van der Waals surface area contributed by atoms with E-state index < -0.39 is 11.3 Å². The van der Waals surface area contributed by atoms with Crippen LogP contribution in [-0.2, 0) is 9.53 Å². The number of fused-ring (bicyclic) bond motifs is 1. The van der Waals surface area contributed by atoms with Crippen LogP contribution in [0.4, 0.5) is 0 Å². The second-order valence-electron chi connectivity index (χ2n) is 6.89. The highest BCUT2D eigenvalue weighted by Crippen LogP contribution is 2.38. The van der Waals surface area contributed by atoms with Crippen molar-refractivity contribution in [1.29, 1.82) is 0 Å². The molecule has 1 atom stereocenters. The first-order chi connectivity index (χ1) is 15.4. The minimum Gasteiger partial charge on any atom is -0.507 e. The second-order valence-corrected chi connectivity index (χ2v) is 9.91. The minimum absolute atomic E-state index is 0.123. The van der Waals surface area contributed by atoms with Crippen molar-refractivity contribution in [3.63, 3.8) is 0 Å². The van der Waals surface area contributed by atoms with Crippen LogP contribution in [0.5, 0.6) is 5.75 Å². The van der Waals surface area contributed by atoms with E-state index in [0.717, 1.165) is 10.5 Å². The first-order valence-corrected chi connectivity index (χ1v) is 12.3. The maximum absolute atomic E-state index is 13.4. The zero-order chi connectivity index (χ0) is 22.8. The fourth-order valence-electron chi connectivity index (χ4n) is 3.24. The molecular weight excluding hydrogens is 512 g/mol. The molecule has 4 rings (SSSR count). The SMILES string of the molecule is CCOC(=O)C1=C(C)N=c2s/c(=C\c3ccc(O)c(Br)c3)c(=O)n2C1Sc1ccccc1. The largest absolute Gasteiger partial charge is 0.507 e. The number of thiazole rings is 1. The minimum atomic E-state index is -0.596. The summed E-state index contributed by atoms with van der Waals surface area (Å²) in [4.78, 5) is 32.2. The third-order valence-electron chi connectivity index (χ3n) is 4.73. The van der Waals surface area contributed by atoms with Crippen molar-refractivity contribution >= 4 is 51.1 Å². The number of allylic oxidation sites excluding steroid dienone is 1. The zero-order valence-electron chi connectivity index (χ0n) is 17.2. The van der Waals surface area contributed by atoms with Gasteiger partial charge in [0.15, 0.2) is 4.80 Å². The lowest BCUT2D eigenvalue weighted by molar-refractivity contribution is -0.138. The summed E-state index contributed by atoms with van der Waals surface area (Å²) < 4.78 is 7.86. The van der Waals surface area contributed by atoms with Crippen molar-refractivity contribution in [2.45, 2.75) is 24.1 Å². The van der Waals surface area contributed by atoms with Gasteiger partial charge >= 0.3 is 5.97 Å². The fraction of sp³-hybridized carbons (Fsp3) is 0.174. The van der Waals surface area contributed by atoms with Gasteiger partial charge in [-0.05, 0) is 65.7 Å². The molecule has 6 nitrogen and oxygen atoms in total. The molecule has 0 spiro atoms. The Balaban J connectivity index is 1.88. The van der Waals surface area contributed by atoms with Gasteiger partial charge in [0.2, 0.25) is 0 Å². The van der Waals surface area contributed by atoms with E-state index in [9.17, 15) is 14.7 Å². The van der Waals surface area contributed by atoms with Gasteiger partial charge in [-0.15, -0.1) is 0 Å². The van der Waals surface area contributed by atoms with Crippen LogP contribution in [0.1, 0.15) is 24.8 Å². The summed E-state index contributed by atoms with van der Waals surface area (Å²) in [6, 6.07) is 14.6. The van der Waals surface area contributed by atoms with Crippen molar-refractivity contribution < 1.29 is 14.6 Å². The van der Waals surface area contributed by atoms with Gasteiger partial charge in [-0.1, -0.05) is 47.4 Å². The molecule has 0 saturated carbocycles. The summed E-state index contributed by atoms with van der Waals surface area (Å²) in [5.74, 6) is -0.350. The standard InChI is InChI=1S/C23H19BrN2O4S2/c1-3-30-22(29)19-13(2)25-23-26(21(19)31-15-7-5-4-6-8-15)20(28)18(32-23)12-14-9-10-17(27)16(24)11-14/h4-12,21,27H,3H2,1-2H3/b18-12-. The highest BCUT2D eigenvalue weighted by molar-refractivity contribution is 9.10. The van der Waals surface area contributed by atoms with E-state index in [0.29, 0.717) is 25.1 Å². The number of aromatic nitrogens is 1. The molecule has 9 heteroatoms. The molecule has 1 aliphatic heterocycles. The summed E-state index contributed by atoms with van der Waals surface area (Å²) in [7, 11) is 0. The van der Waals surface area contributed by atoms with Crippen molar-refractivity contribution in [3.8, 4) is 5.75 Å². The van der Waals surface area contributed by atoms with E-state index in [4.69, 9.17) is 4.74 Å². The van der Waals surface area contributed by atoms with Gasteiger partial charge in [-0.2, -0.15) is 0 Å². The fourth-order valence-corrected chi connectivity index (χ4v) is 6.01. The molecule has 0 saturated heterocycles. The Bertz CT molecular complexity index is 1390. The topological polar surface area (TPSA) is 80.9 Å². The number of esters is 1. The van der Waals surface area contributed by atoms with Gasteiger partial charge in [0.1, 0.15) is 11.1 Å². The second kappa shape index (κ2) is 9.48. The Morgan fingerprint density at radius 2 is 2.06 bits per heavy atom.